The average molecular weight is 631 g/mol. The number of benzene rings is 10. The van der Waals surface area contributed by atoms with Crippen molar-refractivity contribution in [3.63, 3.8) is 0 Å². The van der Waals surface area contributed by atoms with Crippen molar-refractivity contribution in [3.05, 3.63) is 182 Å². The normalized spacial score (nSPS) is 12.0. The summed E-state index contributed by atoms with van der Waals surface area (Å²) in [5.41, 5.74) is 12.8. The molecule has 1 aliphatic carbocycles. The number of hydrogen-bond acceptors (Lipinski definition) is 0. The zero-order chi connectivity index (χ0) is 32.8. The molecule has 0 saturated heterocycles. The van der Waals surface area contributed by atoms with E-state index in [1.807, 2.05) is 0 Å². The van der Waals surface area contributed by atoms with Crippen molar-refractivity contribution in [2.45, 2.75) is 0 Å². The Hall–Kier alpha value is -6.50. The van der Waals surface area contributed by atoms with Gasteiger partial charge >= 0.3 is 0 Å². The summed E-state index contributed by atoms with van der Waals surface area (Å²) in [5.74, 6) is 0. The SMILES string of the molecule is c1ccc2c(c1)-c1cccc3c(-c4ccc(-c5ccc6ccc(-c7cc8ccc9ccccc9c8c8ccccc78)cc6c5)cc4)ccc-2c13. The molecule has 0 unspecified atom stereocenters. The lowest BCUT2D eigenvalue weighted by molar-refractivity contribution is 1.62. The molecule has 0 bridgehead atoms. The second-order valence-corrected chi connectivity index (χ2v) is 13.6. The topological polar surface area (TPSA) is 0 Å². The van der Waals surface area contributed by atoms with E-state index in [0.29, 0.717) is 0 Å². The van der Waals surface area contributed by atoms with E-state index in [4.69, 9.17) is 0 Å². The fourth-order valence-corrected chi connectivity index (χ4v) is 8.61. The standard InChI is InChI=1S/C50H30/c1-2-9-40-33(8-1)22-25-37-30-48(43-12-5-6-13-45(43)49(37)40)36-24-19-32-18-23-35(28-38(32)29-36)31-16-20-34(21-17-31)39-26-27-47-42-11-4-3-10-41(42)46-15-7-14-44(39)50(46)47/h1-30H. The Morgan fingerprint density at radius 3 is 1.60 bits per heavy atom. The van der Waals surface area contributed by atoms with Crippen LogP contribution in [0, 0.1) is 0 Å². The van der Waals surface area contributed by atoms with Crippen LogP contribution in [0.5, 0.6) is 0 Å². The van der Waals surface area contributed by atoms with E-state index in [0.717, 1.165) is 0 Å². The summed E-state index contributed by atoms with van der Waals surface area (Å²) in [5, 5.41) is 13.0. The van der Waals surface area contributed by atoms with Crippen molar-refractivity contribution >= 4 is 53.9 Å². The van der Waals surface area contributed by atoms with Gasteiger partial charge in [-0.2, -0.15) is 0 Å². The predicted octanol–water partition coefficient (Wildman–Crippen LogP) is 14.1. The third kappa shape index (κ3) is 4.00. The van der Waals surface area contributed by atoms with Crippen LogP contribution in [0.15, 0.2) is 182 Å². The monoisotopic (exact) mass is 630 g/mol. The summed E-state index contributed by atoms with van der Waals surface area (Å²) >= 11 is 0. The molecular formula is C50H30. The van der Waals surface area contributed by atoms with Gasteiger partial charge < -0.3 is 0 Å². The first-order chi connectivity index (χ1) is 24.8. The van der Waals surface area contributed by atoms with Gasteiger partial charge in [-0.25, -0.2) is 0 Å². The molecule has 0 heteroatoms. The summed E-state index contributed by atoms with van der Waals surface area (Å²) in [7, 11) is 0. The highest BCUT2D eigenvalue weighted by Crippen LogP contribution is 2.49. The Bertz CT molecular complexity index is 2990. The molecule has 50 heavy (non-hydrogen) atoms. The van der Waals surface area contributed by atoms with Gasteiger partial charge in [0.05, 0.1) is 0 Å². The van der Waals surface area contributed by atoms with E-state index in [9.17, 15) is 0 Å². The van der Waals surface area contributed by atoms with Gasteiger partial charge in [0, 0.05) is 0 Å². The number of fused-ring (bicyclic) bond motifs is 9. The van der Waals surface area contributed by atoms with Crippen LogP contribution in [0.4, 0.5) is 0 Å². The minimum atomic E-state index is 1.22. The van der Waals surface area contributed by atoms with Gasteiger partial charge in [0.25, 0.3) is 0 Å². The zero-order valence-corrected chi connectivity index (χ0v) is 27.3. The van der Waals surface area contributed by atoms with Gasteiger partial charge in [0.2, 0.25) is 0 Å². The Labute approximate surface area is 290 Å². The molecule has 0 radical (unpaired) electrons. The van der Waals surface area contributed by atoms with Crippen molar-refractivity contribution < 1.29 is 0 Å². The Kier molecular flexibility index (Phi) is 5.76. The van der Waals surface area contributed by atoms with Gasteiger partial charge in [0.15, 0.2) is 0 Å². The largest absolute Gasteiger partial charge is 0.0616 e. The van der Waals surface area contributed by atoms with Crippen LogP contribution in [0.25, 0.3) is 109 Å². The third-order valence-corrected chi connectivity index (χ3v) is 11.0. The first kappa shape index (κ1) is 27.5. The number of rotatable bonds is 3. The quantitative estimate of drug-likeness (QED) is 0.170. The van der Waals surface area contributed by atoms with Crippen LogP contribution in [0.1, 0.15) is 0 Å². The van der Waals surface area contributed by atoms with E-state index < -0.39 is 0 Å². The molecule has 11 rings (SSSR count). The maximum absolute atomic E-state index is 2.38. The molecule has 0 spiro atoms. The van der Waals surface area contributed by atoms with E-state index in [-0.39, 0.29) is 0 Å². The Morgan fingerprint density at radius 2 is 0.760 bits per heavy atom. The Morgan fingerprint density at radius 1 is 0.200 bits per heavy atom. The first-order valence-corrected chi connectivity index (χ1v) is 17.4. The van der Waals surface area contributed by atoms with Gasteiger partial charge in [-0.05, 0) is 128 Å². The van der Waals surface area contributed by atoms with E-state index in [1.54, 1.807) is 0 Å². The van der Waals surface area contributed by atoms with Crippen LogP contribution in [0.3, 0.4) is 0 Å². The second kappa shape index (κ2) is 10.5. The number of hydrogen-bond donors (Lipinski definition) is 0. The molecule has 0 amide bonds. The lowest BCUT2D eigenvalue weighted by atomic mass is 9.90. The molecule has 0 N–H and O–H groups in total. The molecule has 0 heterocycles. The van der Waals surface area contributed by atoms with Gasteiger partial charge in [0.1, 0.15) is 0 Å². The van der Waals surface area contributed by atoms with E-state index in [1.165, 1.54) is 109 Å². The third-order valence-electron chi connectivity index (χ3n) is 11.0. The molecule has 10 aromatic carbocycles. The van der Waals surface area contributed by atoms with Crippen molar-refractivity contribution in [2.24, 2.45) is 0 Å². The smallest absolute Gasteiger partial charge is 0.00201 e. The van der Waals surface area contributed by atoms with Crippen LogP contribution in [-0.2, 0) is 0 Å². The first-order valence-electron chi connectivity index (χ1n) is 17.4. The zero-order valence-electron chi connectivity index (χ0n) is 27.3. The summed E-state index contributed by atoms with van der Waals surface area (Å²) < 4.78 is 0. The molecule has 0 nitrogen and oxygen atoms in total. The van der Waals surface area contributed by atoms with E-state index in [2.05, 4.69) is 182 Å². The highest BCUT2D eigenvalue weighted by atomic mass is 14.2. The fourth-order valence-electron chi connectivity index (χ4n) is 8.61. The van der Waals surface area contributed by atoms with Crippen LogP contribution in [-0.4, -0.2) is 0 Å². The Balaban J connectivity index is 0.994. The molecule has 1 aliphatic rings. The average Bonchev–Trinajstić information content (AvgIpc) is 3.52. The van der Waals surface area contributed by atoms with Crippen molar-refractivity contribution in [2.75, 3.05) is 0 Å². The fraction of sp³-hybridized carbons (Fsp3) is 0. The molecule has 230 valence electrons. The predicted molar refractivity (Wildman–Crippen MR) is 215 cm³/mol. The molecule has 10 aromatic rings. The summed E-state index contributed by atoms with van der Waals surface area (Å²) in [4.78, 5) is 0. The van der Waals surface area contributed by atoms with Gasteiger partial charge in [-0.1, -0.05) is 164 Å². The highest BCUT2D eigenvalue weighted by molar-refractivity contribution is 6.23. The lowest BCUT2D eigenvalue weighted by Crippen LogP contribution is -1.87. The van der Waals surface area contributed by atoms with Gasteiger partial charge in [-0.15, -0.1) is 0 Å². The minimum absolute atomic E-state index is 1.22. The van der Waals surface area contributed by atoms with Gasteiger partial charge in [-0.3, -0.25) is 0 Å². The summed E-state index contributed by atoms with van der Waals surface area (Å²) in [6.45, 7) is 0. The van der Waals surface area contributed by atoms with Crippen LogP contribution in [0.2, 0.25) is 0 Å². The van der Waals surface area contributed by atoms with Crippen molar-refractivity contribution in [1.82, 2.24) is 0 Å². The van der Waals surface area contributed by atoms with Crippen molar-refractivity contribution in [3.8, 4) is 55.6 Å². The summed E-state index contributed by atoms with van der Waals surface area (Å²) in [6.07, 6.45) is 0. The van der Waals surface area contributed by atoms with Crippen LogP contribution >= 0.6 is 0 Å². The highest BCUT2D eigenvalue weighted by Gasteiger charge is 2.22. The summed E-state index contributed by atoms with van der Waals surface area (Å²) in [6, 6.07) is 67.5. The molecule has 0 fully saturated rings. The maximum atomic E-state index is 2.38. The van der Waals surface area contributed by atoms with Crippen molar-refractivity contribution in [1.29, 1.82) is 0 Å². The maximum Gasteiger partial charge on any atom is -0.00201 e. The molecule has 0 aliphatic heterocycles. The second-order valence-electron chi connectivity index (χ2n) is 13.6. The molecule has 0 saturated carbocycles. The molecule has 0 aromatic heterocycles. The minimum Gasteiger partial charge on any atom is -0.0616 e. The van der Waals surface area contributed by atoms with E-state index >= 15 is 0 Å². The molecular weight excluding hydrogens is 601 g/mol. The molecule has 0 atom stereocenters. The van der Waals surface area contributed by atoms with Crippen LogP contribution < -0.4 is 0 Å². The lowest BCUT2D eigenvalue weighted by Gasteiger charge is -2.14.